The third-order valence-electron chi connectivity index (χ3n) is 4.37. The van der Waals surface area contributed by atoms with E-state index >= 15 is 0 Å². The molecule has 1 fully saturated rings. The second-order valence-electron chi connectivity index (χ2n) is 6.16. The van der Waals surface area contributed by atoms with Crippen molar-refractivity contribution in [3.05, 3.63) is 15.6 Å². The topological polar surface area (TPSA) is 62.3 Å². The molecule has 2 rings (SSSR count). The van der Waals surface area contributed by atoms with E-state index in [1.54, 1.807) is 11.3 Å². The maximum atomic E-state index is 12.2. The van der Waals surface area contributed by atoms with E-state index in [0.717, 1.165) is 42.9 Å². The van der Waals surface area contributed by atoms with Gasteiger partial charge in [0.2, 0.25) is 11.8 Å². The van der Waals surface area contributed by atoms with Gasteiger partial charge in [0.25, 0.3) is 0 Å². The van der Waals surface area contributed by atoms with Crippen LogP contribution in [0, 0.1) is 13.8 Å². The molecule has 6 heteroatoms. The van der Waals surface area contributed by atoms with Crippen LogP contribution in [0.15, 0.2) is 0 Å². The number of carbonyl (C=O) groups is 2. The first-order valence-corrected chi connectivity index (χ1v) is 9.34. The smallest absolute Gasteiger partial charge is 0.222 e. The van der Waals surface area contributed by atoms with Crippen LogP contribution >= 0.6 is 11.3 Å². The van der Waals surface area contributed by atoms with E-state index < -0.39 is 0 Å². The molecule has 2 heterocycles. The molecule has 1 aliphatic heterocycles. The summed E-state index contributed by atoms with van der Waals surface area (Å²) in [5, 5.41) is 4.04. The second-order valence-corrected chi connectivity index (χ2v) is 7.40. The first kappa shape index (κ1) is 17.9. The Morgan fingerprint density at radius 1 is 1.35 bits per heavy atom. The molecule has 1 atom stereocenters. The Morgan fingerprint density at radius 3 is 2.78 bits per heavy atom. The lowest BCUT2D eigenvalue weighted by Gasteiger charge is -2.21. The van der Waals surface area contributed by atoms with Crippen LogP contribution in [0.5, 0.6) is 0 Å². The van der Waals surface area contributed by atoms with Gasteiger partial charge in [-0.2, -0.15) is 0 Å². The average molecular weight is 337 g/mol. The highest BCUT2D eigenvalue weighted by Gasteiger charge is 2.20. The number of thiazole rings is 1. The standard InChI is InChI=1S/C17H27N3O2S/c1-4-14(17-18-12(2)13(3)23-17)19-15(21)9-11-20-10-7-5-6-8-16(20)22/h14H,4-11H2,1-3H3,(H,19,21)/t14-/m1/s1. The lowest BCUT2D eigenvalue weighted by molar-refractivity contribution is -0.131. The molecule has 128 valence electrons. The van der Waals surface area contributed by atoms with E-state index in [1.165, 1.54) is 4.88 Å². The van der Waals surface area contributed by atoms with Crippen LogP contribution in [0.4, 0.5) is 0 Å². The molecule has 0 radical (unpaired) electrons. The summed E-state index contributed by atoms with van der Waals surface area (Å²) in [6.45, 7) is 7.41. The SMILES string of the molecule is CC[C@@H](NC(=O)CCN1CCCCCC1=O)c1nc(C)c(C)s1. The van der Waals surface area contributed by atoms with E-state index in [0.29, 0.717) is 19.4 Å². The molecular formula is C17H27N3O2S. The van der Waals surface area contributed by atoms with E-state index in [1.807, 2.05) is 11.8 Å². The highest BCUT2D eigenvalue weighted by Crippen LogP contribution is 2.24. The predicted octanol–water partition coefficient (Wildman–Crippen LogP) is 3.12. The van der Waals surface area contributed by atoms with Crippen molar-refractivity contribution in [3.63, 3.8) is 0 Å². The van der Waals surface area contributed by atoms with Crippen LogP contribution in [0.1, 0.15) is 67.1 Å². The van der Waals surface area contributed by atoms with Crippen LogP contribution in [-0.2, 0) is 9.59 Å². The Bertz CT molecular complexity index is 537. The van der Waals surface area contributed by atoms with Crippen molar-refractivity contribution in [1.29, 1.82) is 0 Å². The molecule has 1 saturated heterocycles. The van der Waals surface area contributed by atoms with E-state index in [-0.39, 0.29) is 17.9 Å². The number of carbonyl (C=O) groups excluding carboxylic acids is 2. The highest BCUT2D eigenvalue weighted by molar-refractivity contribution is 7.11. The molecule has 5 nitrogen and oxygen atoms in total. The van der Waals surface area contributed by atoms with E-state index in [2.05, 4.69) is 24.1 Å². The van der Waals surface area contributed by atoms with Crippen LogP contribution in [0.3, 0.4) is 0 Å². The number of rotatable bonds is 6. The monoisotopic (exact) mass is 337 g/mol. The molecule has 0 saturated carbocycles. The summed E-state index contributed by atoms with van der Waals surface area (Å²) >= 11 is 1.65. The number of hydrogen-bond donors (Lipinski definition) is 1. The Morgan fingerprint density at radius 2 is 2.13 bits per heavy atom. The first-order valence-electron chi connectivity index (χ1n) is 8.52. The summed E-state index contributed by atoms with van der Waals surface area (Å²) in [6, 6.07) is -0.0280. The minimum absolute atomic E-state index is 0.000553. The summed E-state index contributed by atoms with van der Waals surface area (Å²) in [6.07, 6.45) is 4.93. The number of aryl methyl sites for hydroxylation is 2. The van der Waals surface area contributed by atoms with Gasteiger partial charge in [0.05, 0.1) is 11.7 Å². The summed E-state index contributed by atoms with van der Waals surface area (Å²) in [7, 11) is 0. The van der Waals surface area contributed by atoms with Gasteiger partial charge in [-0.3, -0.25) is 9.59 Å². The summed E-state index contributed by atoms with van der Waals surface area (Å²) in [5.41, 5.74) is 1.04. The van der Waals surface area contributed by atoms with Gasteiger partial charge in [0.1, 0.15) is 5.01 Å². The Labute approximate surface area is 142 Å². The zero-order chi connectivity index (χ0) is 16.8. The van der Waals surface area contributed by atoms with Crippen molar-refractivity contribution in [2.75, 3.05) is 13.1 Å². The maximum Gasteiger partial charge on any atom is 0.222 e. The van der Waals surface area contributed by atoms with Gasteiger partial charge in [0.15, 0.2) is 0 Å². The van der Waals surface area contributed by atoms with Crippen molar-refractivity contribution in [2.24, 2.45) is 0 Å². The second kappa shape index (κ2) is 8.43. The zero-order valence-corrected chi connectivity index (χ0v) is 15.2. The first-order chi connectivity index (χ1) is 11.0. The highest BCUT2D eigenvalue weighted by atomic mass is 32.1. The molecule has 0 spiro atoms. The van der Waals surface area contributed by atoms with Crippen molar-refractivity contribution < 1.29 is 9.59 Å². The normalized spacial score (nSPS) is 17.0. The molecule has 0 unspecified atom stereocenters. The van der Waals surface area contributed by atoms with Gasteiger partial charge in [0, 0.05) is 30.8 Å². The Hall–Kier alpha value is -1.43. The number of nitrogens with one attached hydrogen (secondary N) is 1. The number of likely N-dealkylation sites (tertiary alicyclic amines) is 1. The minimum atomic E-state index is -0.0280. The fourth-order valence-electron chi connectivity index (χ4n) is 2.76. The van der Waals surface area contributed by atoms with Crippen molar-refractivity contribution >= 4 is 23.2 Å². The van der Waals surface area contributed by atoms with Crippen LogP contribution in [-0.4, -0.2) is 34.8 Å². The van der Waals surface area contributed by atoms with Gasteiger partial charge >= 0.3 is 0 Å². The summed E-state index contributed by atoms with van der Waals surface area (Å²) in [5.74, 6) is 0.188. The number of nitrogens with zero attached hydrogens (tertiary/aromatic N) is 2. The molecule has 2 amide bonds. The third kappa shape index (κ3) is 5.03. The fraction of sp³-hybridized carbons (Fsp3) is 0.706. The van der Waals surface area contributed by atoms with E-state index in [9.17, 15) is 9.59 Å². The molecule has 0 aliphatic carbocycles. The maximum absolute atomic E-state index is 12.2. The molecule has 1 N–H and O–H groups in total. The van der Waals surface area contributed by atoms with Gasteiger partial charge in [-0.05, 0) is 33.1 Å². The number of hydrogen-bond acceptors (Lipinski definition) is 4. The van der Waals surface area contributed by atoms with E-state index in [4.69, 9.17) is 0 Å². The third-order valence-corrected chi connectivity index (χ3v) is 5.55. The lowest BCUT2D eigenvalue weighted by Crippen LogP contribution is -2.35. The van der Waals surface area contributed by atoms with Crippen LogP contribution in [0.25, 0.3) is 0 Å². The molecule has 23 heavy (non-hydrogen) atoms. The Kier molecular flexibility index (Phi) is 6.57. The largest absolute Gasteiger partial charge is 0.347 e. The Balaban J connectivity index is 1.86. The average Bonchev–Trinajstić information content (AvgIpc) is 2.72. The van der Waals surface area contributed by atoms with Crippen LogP contribution in [0.2, 0.25) is 0 Å². The molecular weight excluding hydrogens is 310 g/mol. The minimum Gasteiger partial charge on any atom is -0.347 e. The van der Waals surface area contributed by atoms with Gasteiger partial charge in [-0.25, -0.2) is 4.98 Å². The van der Waals surface area contributed by atoms with Gasteiger partial charge < -0.3 is 10.2 Å². The fourth-order valence-corrected chi connectivity index (χ4v) is 3.82. The van der Waals surface area contributed by atoms with Crippen molar-refractivity contribution in [1.82, 2.24) is 15.2 Å². The number of aromatic nitrogens is 1. The van der Waals surface area contributed by atoms with Crippen LogP contribution < -0.4 is 5.32 Å². The lowest BCUT2D eigenvalue weighted by atomic mass is 10.2. The summed E-state index contributed by atoms with van der Waals surface area (Å²) in [4.78, 5) is 31.8. The zero-order valence-electron chi connectivity index (χ0n) is 14.4. The van der Waals surface area contributed by atoms with Gasteiger partial charge in [-0.15, -0.1) is 11.3 Å². The molecule has 0 bridgehead atoms. The van der Waals surface area contributed by atoms with Crippen molar-refractivity contribution in [3.8, 4) is 0 Å². The number of amides is 2. The molecule has 0 aromatic carbocycles. The predicted molar refractivity (Wildman–Crippen MR) is 92.4 cm³/mol. The molecule has 1 aromatic rings. The summed E-state index contributed by atoms with van der Waals surface area (Å²) < 4.78 is 0. The quantitative estimate of drug-likeness (QED) is 0.867. The van der Waals surface area contributed by atoms with Crippen molar-refractivity contribution in [2.45, 2.75) is 65.3 Å². The molecule has 1 aliphatic rings. The van der Waals surface area contributed by atoms with Gasteiger partial charge in [-0.1, -0.05) is 13.3 Å². The molecule has 1 aromatic heterocycles.